The van der Waals surface area contributed by atoms with Gasteiger partial charge in [-0.15, -0.1) is 0 Å². The number of nitrogens with one attached hydrogen (secondary N) is 4. The molecule has 9 heteroatoms. The second-order valence-electron chi connectivity index (χ2n) is 7.29. The predicted molar refractivity (Wildman–Crippen MR) is 102 cm³/mol. The van der Waals surface area contributed by atoms with Crippen LogP contribution < -0.4 is 21.3 Å². The number of rotatable bonds is 10. The molecule has 0 aromatic carbocycles. The van der Waals surface area contributed by atoms with Gasteiger partial charge < -0.3 is 10.6 Å². The summed E-state index contributed by atoms with van der Waals surface area (Å²) in [5.74, 6) is -0.576. The summed E-state index contributed by atoms with van der Waals surface area (Å²) in [5, 5.41) is 28.0. The van der Waals surface area contributed by atoms with Crippen LogP contribution in [0.4, 0.5) is 0 Å². The lowest BCUT2D eigenvalue weighted by molar-refractivity contribution is -0.129. The van der Waals surface area contributed by atoms with E-state index in [9.17, 15) is 9.59 Å². The van der Waals surface area contributed by atoms with Crippen LogP contribution in [0, 0.1) is 33.7 Å². The summed E-state index contributed by atoms with van der Waals surface area (Å²) in [4.78, 5) is 23.4. The minimum atomic E-state index is -0.609. The van der Waals surface area contributed by atoms with E-state index in [1.165, 1.54) is 0 Å². The van der Waals surface area contributed by atoms with Crippen LogP contribution in [0.5, 0.6) is 0 Å². The number of nitrogens with zero attached hydrogens (tertiary/aromatic N) is 2. The fourth-order valence-electron chi connectivity index (χ4n) is 2.19. The summed E-state index contributed by atoms with van der Waals surface area (Å²) in [6.07, 6.45) is 6.01. The van der Waals surface area contributed by atoms with Gasteiger partial charge in [0.25, 0.3) is 0 Å². The van der Waals surface area contributed by atoms with Crippen LogP contribution >= 0.6 is 12.2 Å². The van der Waals surface area contributed by atoms with E-state index in [1.807, 2.05) is 0 Å². The Balaban J connectivity index is 3.95. The molecule has 0 aromatic heterocycles. The molecule has 0 aliphatic rings. The molecule has 144 valence electrons. The smallest absolute Gasteiger partial charge is 0.238 e. The van der Waals surface area contributed by atoms with E-state index in [1.54, 1.807) is 40.1 Å². The van der Waals surface area contributed by atoms with Crippen molar-refractivity contribution in [1.82, 2.24) is 21.3 Å². The summed E-state index contributed by atoms with van der Waals surface area (Å²) in [6, 6.07) is 0. The van der Waals surface area contributed by atoms with Gasteiger partial charge in [-0.05, 0) is 37.9 Å². The number of hydrogen-bond acceptors (Lipinski definition) is 5. The number of thiocarbonyl (C=S) groups is 1. The van der Waals surface area contributed by atoms with Crippen molar-refractivity contribution in [3.8, 4) is 12.4 Å². The van der Waals surface area contributed by atoms with Gasteiger partial charge >= 0.3 is 0 Å². The maximum Gasteiger partial charge on any atom is 0.238 e. The normalized spacial score (nSPS) is 10.8. The van der Waals surface area contributed by atoms with Gasteiger partial charge in [-0.3, -0.25) is 20.2 Å². The lowest BCUT2D eigenvalue weighted by Gasteiger charge is -2.22. The summed E-state index contributed by atoms with van der Waals surface area (Å²) in [6.45, 7) is 8.40. The molecule has 0 saturated carbocycles. The second-order valence-corrected chi connectivity index (χ2v) is 7.70. The van der Waals surface area contributed by atoms with E-state index in [4.69, 9.17) is 22.7 Å². The van der Waals surface area contributed by atoms with E-state index in [2.05, 4.69) is 21.3 Å². The molecule has 0 radical (unpaired) electrons. The lowest BCUT2D eigenvalue weighted by atomic mass is 9.87. The molecular formula is C17H28N6O2S. The SMILES string of the molecule is CC(C)(CCCNC(=S)NCCCC(C)(C)C(=O)NC#N)C(=O)NC#N. The Kier molecular flexibility index (Phi) is 10.2. The standard InChI is InChI=1S/C17H28N6O2S/c1-16(2,13(24)22-11-18)7-5-9-20-15(26)21-10-6-8-17(3,4)14(25)23-12-19/h5-10H2,1-4H3,(H,22,24)(H,23,25)(H2,20,21,26). The molecule has 8 nitrogen and oxygen atoms in total. The van der Waals surface area contributed by atoms with Gasteiger partial charge in [0.05, 0.1) is 0 Å². The van der Waals surface area contributed by atoms with E-state index < -0.39 is 10.8 Å². The molecular weight excluding hydrogens is 352 g/mol. The van der Waals surface area contributed by atoms with Crippen LogP contribution in [0.3, 0.4) is 0 Å². The van der Waals surface area contributed by atoms with Crippen molar-refractivity contribution in [2.45, 2.75) is 53.4 Å². The van der Waals surface area contributed by atoms with E-state index in [-0.39, 0.29) is 11.8 Å². The van der Waals surface area contributed by atoms with Crippen LogP contribution in [0.25, 0.3) is 0 Å². The molecule has 2 amide bonds. The first-order valence-electron chi connectivity index (χ1n) is 8.47. The van der Waals surface area contributed by atoms with Crippen LogP contribution in [0.2, 0.25) is 0 Å². The Bertz CT molecular complexity index is 539. The number of carbonyl (C=O) groups is 2. The van der Waals surface area contributed by atoms with Gasteiger partial charge in [-0.1, -0.05) is 27.7 Å². The zero-order valence-corrected chi connectivity index (χ0v) is 16.7. The Hall–Kier alpha value is -2.39. The molecule has 0 saturated heterocycles. The van der Waals surface area contributed by atoms with E-state index >= 15 is 0 Å². The summed E-state index contributed by atoms with van der Waals surface area (Å²) < 4.78 is 0. The number of nitriles is 2. The molecule has 0 atom stereocenters. The van der Waals surface area contributed by atoms with Crippen molar-refractivity contribution in [2.24, 2.45) is 10.8 Å². The van der Waals surface area contributed by atoms with Gasteiger partial charge in [-0.25, -0.2) is 0 Å². The van der Waals surface area contributed by atoms with E-state index in [0.717, 1.165) is 12.8 Å². The average Bonchev–Trinajstić information content (AvgIpc) is 2.56. The summed E-state index contributed by atoms with van der Waals surface area (Å²) >= 11 is 5.19. The molecule has 0 spiro atoms. The molecule has 0 fully saturated rings. The van der Waals surface area contributed by atoms with Gasteiger partial charge in [0.2, 0.25) is 11.8 Å². The van der Waals surface area contributed by atoms with Gasteiger partial charge in [0.1, 0.15) is 0 Å². The molecule has 0 aliphatic carbocycles. The molecule has 0 heterocycles. The number of hydrogen-bond donors (Lipinski definition) is 4. The van der Waals surface area contributed by atoms with Crippen LogP contribution in [-0.2, 0) is 9.59 Å². The van der Waals surface area contributed by atoms with Crippen molar-refractivity contribution in [3.63, 3.8) is 0 Å². The lowest BCUT2D eigenvalue weighted by Crippen LogP contribution is -2.39. The first kappa shape index (κ1) is 23.6. The molecule has 0 rings (SSSR count). The Morgan fingerprint density at radius 3 is 1.50 bits per heavy atom. The van der Waals surface area contributed by atoms with Crippen LogP contribution in [-0.4, -0.2) is 30.0 Å². The second kappa shape index (κ2) is 11.3. The maximum absolute atomic E-state index is 11.7. The molecule has 4 N–H and O–H groups in total. The summed E-state index contributed by atoms with van der Waals surface area (Å²) in [5.41, 5.74) is -1.22. The first-order chi connectivity index (χ1) is 12.1. The minimum Gasteiger partial charge on any atom is -0.363 e. The highest BCUT2D eigenvalue weighted by Gasteiger charge is 2.27. The van der Waals surface area contributed by atoms with Gasteiger partial charge in [-0.2, -0.15) is 10.5 Å². The van der Waals surface area contributed by atoms with Gasteiger partial charge in [0.15, 0.2) is 17.5 Å². The third-order valence-corrected chi connectivity index (χ3v) is 4.39. The third-order valence-electron chi connectivity index (χ3n) is 4.10. The van der Waals surface area contributed by atoms with E-state index in [0.29, 0.717) is 31.0 Å². The highest BCUT2D eigenvalue weighted by molar-refractivity contribution is 7.80. The largest absolute Gasteiger partial charge is 0.363 e. The molecule has 0 unspecified atom stereocenters. The minimum absolute atomic E-state index is 0.288. The topological polar surface area (TPSA) is 130 Å². The van der Waals surface area contributed by atoms with Crippen molar-refractivity contribution < 1.29 is 9.59 Å². The fourth-order valence-corrected chi connectivity index (χ4v) is 2.40. The fraction of sp³-hybridized carbons (Fsp3) is 0.706. The molecule has 0 bridgehead atoms. The Morgan fingerprint density at radius 2 is 1.19 bits per heavy atom. The monoisotopic (exact) mass is 380 g/mol. The zero-order valence-electron chi connectivity index (χ0n) is 15.9. The average molecular weight is 381 g/mol. The van der Waals surface area contributed by atoms with Crippen molar-refractivity contribution >= 4 is 29.1 Å². The van der Waals surface area contributed by atoms with Crippen molar-refractivity contribution in [3.05, 3.63) is 0 Å². The Labute approximate surface area is 160 Å². The quantitative estimate of drug-likeness (QED) is 0.194. The van der Waals surface area contributed by atoms with Crippen LogP contribution in [0.1, 0.15) is 53.4 Å². The number of carbonyl (C=O) groups excluding carboxylic acids is 2. The molecule has 0 aromatic rings. The predicted octanol–water partition coefficient (Wildman–Crippen LogP) is 1.26. The number of amides is 2. The molecule has 0 aliphatic heterocycles. The Morgan fingerprint density at radius 1 is 0.846 bits per heavy atom. The highest BCUT2D eigenvalue weighted by Crippen LogP contribution is 2.22. The third kappa shape index (κ3) is 9.19. The maximum atomic E-state index is 11.7. The van der Waals surface area contributed by atoms with Crippen molar-refractivity contribution in [1.29, 1.82) is 10.5 Å². The van der Waals surface area contributed by atoms with Crippen molar-refractivity contribution in [2.75, 3.05) is 13.1 Å². The zero-order chi connectivity index (χ0) is 20.2. The molecule has 26 heavy (non-hydrogen) atoms. The van der Waals surface area contributed by atoms with Crippen LogP contribution in [0.15, 0.2) is 0 Å². The first-order valence-corrected chi connectivity index (χ1v) is 8.88. The van der Waals surface area contributed by atoms with Gasteiger partial charge in [0, 0.05) is 23.9 Å². The highest BCUT2D eigenvalue weighted by atomic mass is 32.1. The summed E-state index contributed by atoms with van der Waals surface area (Å²) in [7, 11) is 0.